The number of anilines is 1. The summed E-state index contributed by atoms with van der Waals surface area (Å²) in [5, 5.41) is 11.1. The van der Waals surface area contributed by atoms with E-state index in [9.17, 15) is 9.18 Å². The van der Waals surface area contributed by atoms with Gasteiger partial charge in [-0.2, -0.15) is 0 Å². The number of carbonyl (C=O) groups is 1. The number of benzene rings is 2. The summed E-state index contributed by atoms with van der Waals surface area (Å²) in [6.07, 6.45) is 2.43. The number of carbonyl (C=O) groups excluding carboxylic acids is 1. The van der Waals surface area contributed by atoms with E-state index in [1.807, 2.05) is 13.0 Å². The van der Waals surface area contributed by atoms with E-state index in [2.05, 4.69) is 27.6 Å². The molecule has 1 aromatic heterocycles. The highest BCUT2D eigenvalue weighted by Crippen LogP contribution is 2.22. The van der Waals surface area contributed by atoms with Crippen molar-refractivity contribution in [1.82, 2.24) is 10.2 Å². The molecule has 0 bridgehead atoms. The van der Waals surface area contributed by atoms with E-state index in [1.165, 1.54) is 11.6 Å². The van der Waals surface area contributed by atoms with Gasteiger partial charge in [-0.15, -0.1) is 10.2 Å². The van der Waals surface area contributed by atoms with Crippen LogP contribution in [0.25, 0.3) is 0 Å². The molecular formula is C22H24FN3O3S. The maximum Gasteiger partial charge on any atom is 0.277 e. The van der Waals surface area contributed by atoms with Crippen molar-refractivity contribution in [2.45, 2.75) is 38.3 Å². The predicted octanol–water partition coefficient (Wildman–Crippen LogP) is 4.74. The highest BCUT2D eigenvalue weighted by Gasteiger charge is 2.12. The van der Waals surface area contributed by atoms with Gasteiger partial charge in [0.25, 0.3) is 5.22 Å². The molecule has 0 aliphatic rings. The first-order valence-corrected chi connectivity index (χ1v) is 10.6. The second-order valence-electron chi connectivity index (χ2n) is 6.87. The second kappa shape index (κ2) is 10.2. The van der Waals surface area contributed by atoms with Crippen LogP contribution in [0.1, 0.15) is 29.0 Å². The van der Waals surface area contributed by atoms with Crippen molar-refractivity contribution in [1.29, 1.82) is 0 Å². The van der Waals surface area contributed by atoms with Crippen molar-refractivity contribution in [2.24, 2.45) is 0 Å². The molecule has 0 saturated heterocycles. The Balaban J connectivity index is 1.44. The van der Waals surface area contributed by atoms with Gasteiger partial charge in [-0.25, -0.2) is 4.39 Å². The summed E-state index contributed by atoms with van der Waals surface area (Å²) in [4.78, 5) is 12.1. The number of nitrogens with one attached hydrogen (secondary N) is 1. The Morgan fingerprint density at radius 2 is 2.03 bits per heavy atom. The fourth-order valence-electron chi connectivity index (χ4n) is 2.99. The molecule has 8 heteroatoms. The fraction of sp³-hybridized carbons (Fsp3) is 0.318. The van der Waals surface area contributed by atoms with E-state index in [0.717, 1.165) is 35.9 Å². The molecule has 0 spiro atoms. The zero-order valence-electron chi connectivity index (χ0n) is 17.2. The first kappa shape index (κ1) is 21.8. The SMILES string of the molecule is COc1ccc(CCCc2nnc(SCC(=O)Nc3cccc(F)c3C)o2)cc1C. The van der Waals surface area contributed by atoms with Crippen molar-refractivity contribution < 1.29 is 18.3 Å². The average Bonchev–Trinajstić information content (AvgIpc) is 3.18. The predicted molar refractivity (Wildman–Crippen MR) is 115 cm³/mol. The Kier molecular flexibility index (Phi) is 7.46. The van der Waals surface area contributed by atoms with Crippen LogP contribution in [0.4, 0.5) is 10.1 Å². The standard InChI is InChI=1S/C22H24FN3O3S/c1-14-12-16(10-11-19(14)28-3)6-4-9-21-25-26-22(29-21)30-13-20(27)24-18-8-5-7-17(23)15(18)2/h5,7-8,10-12H,4,6,9,13H2,1-3H3,(H,24,27). The fourth-order valence-corrected chi connectivity index (χ4v) is 3.57. The Morgan fingerprint density at radius 3 is 2.80 bits per heavy atom. The number of hydrogen-bond donors (Lipinski definition) is 1. The van der Waals surface area contributed by atoms with Crippen LogP contribution in [0.15, 0.2) is 46.0 Å². The molecule has 1 heterocycles. The number of ether oxygens (including phenoxy) is 1. The lowest BCUT2D eigenvalue weighted by Crippen LogP contribution is -2.15. The van der Waals surface area contributed by atoms with Gasteiger partial charge in [0.15, 0.2) is 0 Å². The zero-order chi connectivity index (χ0) is 21.5. The number of aryl methyl sites for hydroxylation is 3. The van der Waals surface area contributed by atoms with Crippen molar-refractivity contribution in [2.75, 3.05) is 18.2 Å². The molecule has 6 nitrogen and oxygen atoms in total. The van der Waals surface area contributed by atoms with Crippen molar-refractivity contribution in [3.05, 3.63) is 64.8 Å². The van der Waals surface area contributed by atoms with Gasteiger partial charge in [0, 0.05) is 17.7 Å². The van der Waals surface area contributed by atoms with Crippen LogP contribution in [-0.4, -0.2) is 29.0 Å². The minimum absolute atomic E-state index is 0.0999. The largest absolute Gasteiger partial charge is 0.496 e. The van der Waals surface area contributed by atoms with Gasteiger partial charge >= 0.3 is 0 Å². The molecule has 158 valence electrons. The molecule has 0 saturated carbocycles. The first-order chi connectivity index (χ1) is 14.5. The molecule has 3 aromatic rings. The highest BCUT2D eigenvalue weighted by atomic mass is 32.2. The third-order valence-electron chi connectivity index (χ3n) is 4.63. The third-order valence-corrected chi connectivity index (χ3v) is 5.45. The van der Waals surface area contributed by atoms with E-state index in [0.29, 0.717) is 28.8 Å². The summed E-state index contributed by atoms with van der Waals surface area (Å²) >= 11 is 1.15. The van der Waals surface area contributed by atoms with E-state index in [1.54, 1.807) is 26.2 Å². The monoisotopic (exact) mass is 429 g/mol. The molecule has 1 amide bonds. The average molecular weight is 430 g/mol. The number of rotatable bonds is 9. The molecule has 0 aliphatic heterocycles. The molecular weight excluding hydrogens is 405 g/mol. The summed E-state index contributed by atoms with van der Waals surface area (Å²) in [5.74, 6) is 0.913. The van der Waals surface area contributed by atoms with Crippen LogP contribution in [-0.2, 0) is 17.6 Å². The minimum Gasteiger partial charge on any atom is -0.496 e. The number of aromatic nitrogens is 2. The molecule has 2 aromatic carbocycles. The van der Waals surface area contributed by atoms with Crippen LogP contribution in [0.3, 0.4) is 0 Å². The lowest BCUT2D eigenvalue weighted by molar-refractivity contribution is -0.113. The van der Waals surface area contributed by atoms with Gasteiger partial charge in [-0.05, 0) is 56.0 Å². The van der Waals surface area contributed by atoms with Crippen molar-refractivity contribution in [3.8, 4) is 5.75 Å². The summed E-state index contributed by atoms with van der Waals surface area (Å²) in [6, 6.07) is 10.7. The van der Waals surface area contributed by atoms with Crippen LogP contribution >= 0.6 is 11.8 Å². The molecule has 0 aliphatic carbocycles. The Morgan fingerprint density at radius 1 is 1.20 bits per heavy atom. The number of halogens is 1. The number of amides is 1. The van der Waals surface area contributed by atoms with Gasteiger partial charge < -0.3 is 14.5 Å². The van der Waals surface area contributed by atoms with Crippen LogP contribution < -0.4 is 10.1 Å². The Bertz CT molecular complexity index is 1020. The van der Waals surface area contributed by atoms with Gasteiger partial charge in [0.2, 0.25) is 11.8 Å². The molecule has 0 radical (unpaired) electrons. The number of methoxy groups -OCH3 is 1. The van der Waals surface area contributed by atoms with E-state index in [-0.39, 0.29) is 17.5 Å². The number of thioether (sulfide) groups is 1. The van der Waals surface area contributed by atoms with Crippen molar-refractivity contribution in [3.63, 3.8) is 0 Å². The van der Waals surface area contributed by atoms with Crippen molar-refractivity contribution >= 4 is 23.4 Å². The molecule has 1 N–H and O–H groups in total. The lowest BCUT2D eigenvalue weighted by Gasteiger charge is -2.07. The number of nitrogens with zero attached hydrogens (tertiary/aromatic N) is 2. The van der Waals surface area contributed by atoms with Gasteiger partial charge in [0.1, 0.15) is 11.6 Å². The topological polar surface area (TPSA) is 77.2 Å². The van der Waals surface area contributed by atoms with E-state index in [4.69, 9.17) is 9.15 Å². The number of hydrogen-bond acceptors (Lipinski definition) is 6. The highest BCUT2D eigenvalue weighted by molar-refractivity contribution is 7.99. The second-order valence-corrected chi connectivity index (χ2v) is 7.80. The minimum atomic E-state index is -0.355. The van der Waals surface area contributed by atoms with E-state index < -0.39 is 0 Å². The van der Waals surface area contributed by atoms with Crippen LogP contribution in [0, 0.1) is 19.7 Å². The summed E-state index contributed by atoms with van der Waals surface area (Å²) < 4.78 is 24.4. The molecule has 30 heavy (non-hydrogen) atoms. The third kappa shape index (κ3) is 5.82. The summed E-state index contributed by atoms with van der Waals surface area (Å²) in [6.45, 7) is 3.64. The molecule has 0 unspecified atom stereocenters. The summed E-state index contributed by atoms with van der Waals surface area (Å²) in [7, 11) is 1.67. The smallest absolute Gasteiger partial charge is 0.277 e. The summed E-state index contributed by atoms with van der Waals surface area (Å²) in [5.41, 5.74) is 3.20. The maximum absolute atomic E-state index is 13.6. The Labute approximate surface area is 179 Å². The van der Waals surface area contributed by atoms with E-state index >= 15 is 0 Å². The lowest BCUT2D eigenvalue weighted by atomic mass is 10.1. The van der Waals surface area contributed by atoms with Gasteiger partial charge in [-0.1, -0.05) is 30.0 Å². The quantitative estimate of drug-likeness (QED) is 0.495. The Hall–Kier alpha value is -2.87. The maximum atomic E-state index is 13.6. The normalized spacial score (nSPS) is 10.8. The molecule has 0 fully saturated rings. The van der Waals surface area contributed by atoms with Gasteiger partial charge in [0.05, 0.1) is 12.9 Å². The molecule has 0 atom stereocenters. The van der Waals surface area contributed by atoms with Crippen LogP contribution in [0.2, 0.25) is 0 Å². The first-order valence-electron chi connectivity index (χ1n) is 9.60. The van der Waals surface area contributed by atoms with Crippen LogP contribution in [0.5, 0.6) is 5.75 Å². The zero-order valence-corrected chi connectivity index (χ0v) is 18.0. The van der Waals surface area contributed by atoms with Gasteiger partial charge in [-0.3, -0.25) is 4.79 Å². The molecule has 3 rings (SSSR count).